The van der Waals surface area contributed by atoms with Gasteiger partial charge in [0, 0.05) is 49.3 Å². The molecule has 4 aliphatic rings. The van der Waals surface area contributed by atoms with Crippen LogP contribution in [0.2, 0.25) is 0 Å². The molecule has 3 fully saturated rings. The Balaban J connectivity index is 0.872. The largest absolute Gasteiger partial charge is 0.456 e. The summed E-state index contributed by atoms with van der Waals surface area (Å²) < 4.78 is 9.09. The minimum absolute atomic E-state index is 0.00652. The summed E-state index contributed by atoms with van der Waals surface area (Å²) in [4.78, 5) is 16.4. The quantitative estimate of drug-likeness (QED) is 0.167. The molecule has 0 radical (unpaired) electrons. The second kappa shape index (κ2) is 16.8. The van der Waals surface area contributed by atoms with Gasteiger partial charge in [0.1, 0.15) is 11.2 Å². The molecule has 4 aliphatic carbocycles. The summed E-state index contributed by atoms with van der Waals surface area (Å²) >= 11 is 0. The molecule has 0 saturated heterocycles. The van der Waals surface area contributed by atoms with E-state index in [2.05, 4.69) is 211 Å². The smallest absolute Gasteiger partial charge is 0.164 e. The minimum atomic E-state index is 0.00652. The first kappa shape index (κ1) is 43.0. The predicted octanol–water partition coefficient (Wildman–Crippen LogP) is 18.1. The maximum atomic E-state index is 6.72. The topological polar surface area (TPSA) is 56.7 Å². The third-order valence-corrected chi connectivity index (χ3v) is 18.4. The van der Waals surface area contributed by atoms with Crippen molar-refractivity contribution < 1.29 is 4.42 Å². The van der Waals surface area contributed by atoms with Gasteiger partial charge in [-0.25, -0.2) is 15.0 Å². The molecule has 9 aromatic carbocycles. The van der Waals surface area contributed by atoms with Crippen molar-refractivity contribution >= 4 is 43.7 Å². The SMILES string of the molecule is c1ccc(-c2ccc(-c3nc(-c4ccc5c(c4)C4(c6ccccc6-5)C5CCCCC5C5CCCCC54)nc(-c4cccc5oc6ccc(-c7ccc8c(c7)c7ccccc7n8-c7ccccc7)cc6c45)n3)cc2)cc1. The number of hydrogen-bond acceptors (Lipinski definition) is 4. The number of furan rings is 1. The first-order valence-electron chi connectivity index (χ1n) is 27.4. The maximum Gasteiger partial charge on any atom is 0.164 e. The summed E-state index contributed by atoms with van der Waals surface area (Å²) in [6, 6.07) is 75.1. The van der Waals surface area contributed by atoms with Gasteiger partial charge >= 0.3 is 0 Å². The molecule has 75 heavy (non-hydrogen) atoms. The van der Waals surface area contributed by atoms with E-state index in [0.717, 1.165) is 72.8 Å². The van der Waals surface area contributed by atoms with Gasteiger partial charge in [-0.15, -0.1) is 0 Å². The van der Waals surface area contributed by atoms with Gasteiger partial charge in [0.15, 0.2) is 17.5 Å². The van der Waals surface area contributed by atoms with Crippen molar-refractivity contribution in [1.82, 2.24) is 19.5 Å². The molecule has 12 aromatic rings. The Morgan fingerprint density at radius 3 is 1.75 bits per heavy atom. The Bertz CT molecular complexity index is 4200. The molecular weight excluding hydrogens is 913 g/mol. The second-order valence-electron chi connectivity index (χ2n) is 21.9. The van der Waals surface area contributed by atoms with E-state index in [9.17, 15) is 0 Å². The number of benzene rings is 9. The molecule has 3 saturated carbocycles. The van der Waals surface area contributed by atoms with Gasteiger partial charge in [-0.2, -0.15) is 0 Å². The number of rotatable bonds is 6. The van der Waals surface area contributed by atoms with E-state index in [1.54, 1.807) is 5.56 Å². The van der Waals surface area contributed by atoms with Crippen LogP contribution in [0.3, 0.4) is 0 Å². The van der Waals surface area contributed by atoms with Crippen molar-refractivity contribution in [2.75, 3.05) is 0 Å². The molecule has 5 nitrogen and oxygen atoms in total. The van der Waals surface area contributed by atoms with Crippen LogP contribution in [-0.4, -0.2) is 19.5 Å². The summed E-state index contributed by atoms with van der Waals surface area (Å²) in [5.41, 5.74) is 18.6. The van der Waals surface area contributed by atoms with Crippen LogP contribution in [0.25, 0.3) is 117 Å². The standard InChI is InChI=1S/C70H54N4O/c1-3-16-43(17-4-1)44-30-32-45(33-31-44)67-71-68(48-34-37-53-52-22-9-13-27-60(52)70(61(53)42-48)58-25-11-7-20-50(58)51-21-8-12-26-59(51)70)73-69(72-67)55-24-15-29-65-66(55)57-41-47(36-39-64(57)75-65)46-35-38-63-56(40-46)54-23-10-14-28-62(54)74(63)49-18-5-2-6-19-49/h1-6,9-10,13-19,22-24,27-42,50-51,58-59H,7-8,11-12,20-21,25-26H2. The van der Waals surface area contributed by atoms with Crippen LogP contribution in [0, 0.1) is 23.7 Å². The molecule has 1 spiro atoms. The summed E-state index contributed by atoms with van der Waals surface area (Å²) in [7, 11) is 0. The number of nitrogens with zero attached hydrogens (tertiary/aromatic N) is 4. The van der Waals surface area contributed by atoms with E-state index in [1.165, 1.54) is 95.4 Å². The fraction of sp³-hybridized carbons (Fsp3) is 0.186. The van der Waals surface area contributed by atoms with Crippen molar-refractivity contribution in [3.8, 4) is 73.2 Å². The van der Waals surface area contributed by atoms with Gasteiger partial charge in [-0.3, -0.25) is 0 Å². The van der Waals surface area contributed by atoms with E-state index in [-0.39, 0.29) is 5.41 Å². The number of para-hydroxylation sites is 2. The summed E-state index contributed by atoms with van der Waals surface area (Å²) in [6.45, 7) is 0. The Morgan fingerprint density at radius 1 is 0.373 bits per heavy atom. The van der Waals surface area contributed by atoms with Crippen molar-refractivity contribution in [1.29, 1.82) is 0 Å². The van der Waals surface area contributed by atoms with Crippen LogP contribution >= 0.6 is 0 Å². The third kappa shape index (κ3) is 6.46. The first-order valence-corrected chi connectivity index (χ1v) is 27.4. The van der Waals surface area contributed by atoms with Crippen molar-refractivity contribution in [3.05, 3.63) is 217 Å². The monoisotopic (exact) mass is 966 g/mol. The molecule has 5 heteroatoms. The lowest BCUT2D eigenvalue weighted by atomic mass is 9.60. The van der Waals surface area contributed by atoms with Crippen LogP contribution in [-0.2, 0) is 5.41 Å². The molecule has 4 atom stereocenters. The third-order valence-electron chi connectivity index (χ3n) is 18.4. The van der Waals surface area contributed by atoms with Gasteiger partial charge in [0.2, 0.25) is 0 Å². The number of aromatic nitrogens is 4. The van der Waals surface area contributed by atoms with Gasteiger partial charge in [0.25, 0.3) is 0 Å². The van der Waals surface area contributed by atoms with Crippen LogP contribution in [0.1, 0.15) is 62.5 Å². The fourth-order valence-corrected chi connectivity index (χ4v) is 15.4. The molecule has 3 aromatic heterocycles. The Morgan fingerprint density at radius 2 is 0.947 bits per heavy atom. The van der Waals surface area contributed by atoms with Crippen LogP contribution in [0.15, 0.2) is 211 Å². The van der Waals surface area contributed by atoms with Crippen LogP contribution in [0.5, 0.6) is 0 Å². The highest BCUT2D eigenvalue weighted by Crippen LogP contribution is 2.70. The van der Waals surface area contributed by atoms with Gasteiger partial charge < -0.3 is 8.98 Å². The summed E-state index contributed by atoms with van der Waals surface area (Å²) in [5.74, 6) is 4.86. The predicted molar refractivity (Wildman–Crippen MR) is 306 cm³/mol. The summed E-state index contributed by atoms with van der Waals surface area (Å²) in [6.07, 6.45) is 10.8. The van der Waals surface area contributed by atoms with Crippen molar-refractivity contribution in [3.63, 3.8) is 0 Å². The van der Waals surface area contributed by atoms with Gasteiger partial charge in [-0.05, 0) is 148 Å². The zero-order valence-corrected chi connectivity index (χ0v) is 41.8. The zero-order valence-electron chi connectivity index (χ0n) is 41.8. The van der Waals surface area contributed by atoms with E-state index in [1.807, 2.05) is 0 Å². The average molecular weight is 967 g/mol. The van der Waals surface area contributed by atoms with Gasteiger partial charge in [-0.1, -0.05) is 177 Å². The van der Waals surface area contributed by atoms with Crippen molar-refractivity contribution in [2.45, 2.75) is 56.8 Å². The van der Waals surface area contributed by atoms with E-state index in [0.29, 0.717) is 29.3 Å². The van der Waals surface area contributed by atoms with Gasteiger partial charge in [0.05, 0.1) is 11.0 Å². The van der Waals surface area contributed by atoms with E-state index in [4.69, 9.17) is 19.4 Å². The maximum absolute atomic E-state index is 6.72. The zero-order chi connectivity index (χ0) is 49.2. The van der Waals surface area contributed by atoms with Crippen LogP contribution in [0.4, 0.5) is 0 Å². The molecule has 0 aliphatic heterocycles. The molecular formula is C70H54N4O. The Hall–Kier alpha value is -8.41. The second-order valence-corrected chi connectivity index (χ2v) is 21.9. The number of hydrogen-bond donors (Lipinski definition) is 0. The molecule has 16 rings (SSSR count). The molecule has 0 N–H and O–H groups in total. The highest BCUT2D eigenvalue weighted by atomic mass is 16.3. The Kier molecular flexibility index (Phi) is 9.64. The van der Waals surface area contributed by atoms with E-state index >= 15 is 0 Å². The lowest BCUT2D eigenvalue weighted by Crippen LogP contribution is -2.39. The molecule has 4 unspecified atom stereocenters. The first-order chi connectivity index (χ1) is 37.2. The molecule has 360 valence electrons. The minimum Gasteiger partial charge on any atom is -0.456 e. The highest BCUT2D eigenvalue weighted by Gasteiger charge is 2.64. The summed E-state index contributed by atoms with van der Waals surface area (Å²) in [5, 5.41) is 4.48. The lowest BCUT2D eigenvalue weighted by molar-refractivity contribution is 0.184. The number of fused-ring (bicyclic) bond motifs is 16. The molecule has 0 amide bonds. The Labute approximate surface area is 436 Å². The molecule has 3 heterocycles. The van der Waals surface area contributed by atoms with E-state index < -0.39 is 0 Å². The lowest BCUT2D eigenvalue weighted by Gasteiger charge is -2.43. The normalized spacial score (nSPS) is 20.7. The van der Waals surface area contributed by atoms with Crippen LogP contribution < -0.4 is 0 Å². The highest BCUT2D eigenvalue weighted by molar-refractivity contribution is 6.14. The average Bonchev–Trinajstić information content (AvgIpc) is 4.21. The fourth-order valence-electron chi connectivity index (χ4n) is 15.4. The molecule has 0 bridgehead atoms. The van der Waals surface area contributed by atoms with Crippen molar-refractivity contribution in [2.24, 2.45) is 23.7 Å².